The maximum atomic E-state index is 12.3. The largest absolute Gasteiger partial charge is 0.493 e. The highest BCUT2D eigenvalue weighted by Gasteiger charge is 2.11. The first-order chi connectivity index (χ1) is 6.69. The molecule has 0 radical (unpaired) electrons. The zero-order valence-electron chi connectivity index (χ0n) is 8.09. The Morgan fingerprint density at radius 2 is 2.00 bits per heavy atom. The van der Waals surface area contributed by atoms with Gasteiger partial charge in [0.25, 0.3) is 6.43 Å². The van der Waals surface area contributed by atoms with Crippen LogP contribution in [0.2, 0.25) is 0 Å². The normalized spacial score (nSPS) is 10.4. The molecule has 0 saturated carbocycles. The van der Waals surface area contributed by atoms with Crippen molar-refractivity contribution in [1.29, 1.82) is 0 Å². The van der Waals surface area contributed by atoms with Crippen LogP contribution >= 0.6 is 0 Å². The first-order valence-corrected chi connectivity index (χ1v) is 4.28. The lowest BCUT2D eigenvalue weighted by Crippen LogP contribution is -1.96. The van der Waals surface area contributed by atoms with Crippen molar-refractivity contribution in [2.24, 2.45) is 0 Å². The van der Waals surface area contributed by atoms with Crippen LogP contribution in [0.15, 0.2) is 18.2 Å². The molecule has 0 aromatic heterocycles. The Bertz CT molecular complexity index is 300. The molecule has 0 unspecified atom stereocenters. The maximum absolute atomic E-state index is 12.3. The molecular formula is C10H12F2O2. The van der Waals surface area contributed by atoms with E-state index < -0.39 is 6.43 Å². The van der Waals surface area contributed by atoms with Crippen molar-refractivity contribution in [2.75, 3.05) is 13.7 Å². The third-order valence-corrected chi connectivity index (χ3v) is 1.74. The Kier molecular flexibility index (Phi) is 3.68. The first-order valence-electron chi connectivity index (χ1n) is 4.28. The zero-order chi connectivity index (χ0) is 10.6. The average Bonchev–Trinajstić information content (AvgIpc) is 2.18. The zero-order valence-corrected chi connectivity index (χ0v) is 8.09. The minimum Gasteiger partial charge on any atom is -0.493 e. The summed E-state index contributed by atoms with van der Waals surface area (Å²) in [7, 11) is 1.47. The lowest BCUT2D eigenvalue weighted by Gasteiger charge is -2.10. The number of methoxy groups -OCH3 is 1. The summed E-state index contributed by atoms with van der Waals surface area (Å²) >= 11 is 0. The maximum Gasteiger partial charge on any atom is 0.263 e. The fourth-order valence-electron chi connectivity index (χ4n) is 1.10. The lowest BCUT2D eigenvalue weighted by atomic mass is 10.2. The van der Waals surface area contributed by atoms with Gasteiger partial charge in [-0.25, -0.2) is 8.78 Å². The van der Waals surface area contributed by atoms with E-state index in [0.29, 0.717) is 18.1 Å². The van der Waals surface area contributed by atoms with Gasteiger partial charge in [0.2, 0.25) is 0 Å². The van der Waals surface area contributed by atoms with Crippen LogP contribution in [-0.4, -0.2) is 13.7 Å². The van der Waals surface area contributed by atoms with Crippen molar-refractivity contribution in [3.63, 3.8) is 0 Å². The van der Waals surface area contributed by atoms with E-state index in [1.54, 1.807) is 6.92 Å². The van der Waals surface area contributed by atoms with E-state index in [9.17, 15) is 8.78 Å². The smallest absolute Gasteiger partial charge is 0.263 e. The molecule has 0 spiro atoms. The first kappa shape index (κ1) is 10.8. The van der Waals surface area contributed by atoms with Gasteiger partial charge >= 0.3 is 0 Å². The Labute approximate surface area is 81.4 Å². The quantitative estimate of drug-likeness (QED) is 0.747. The summed E-state index contributed by atoms with van der Waals surface area (Å²) in [4.78, 5) is 0. The van der Waals surface area contributed by atoms with E-state index >= 15 is 0 Å². The molecule has 2 nitrogen and oxygen atoms in total. The number of rotatable bonds is 4. The van der Waals surface area contributed by atoms with Crippen molar-refractivity contribution in [1.82, 2.24) is 0 Å². The van der Waals surface area contributed by atoms with Crippen LogP contribution < -0.4 is 9.47 Å². The van der Waals surface area contributed by atoms with Gasteiger partial charge in [-0.15, -0.1) is 0 Å². The molecule has 0 saturated heterocycles. The van der Waals surface area contributed by atoms with Crippen LogP contribution in [0.25, 0.3) is 0 Å². The highest BCUT2D eigenvalue weighted by molar-refractivity contribution is 5.43. The Hall–Kier alpha value is -1.32. The summed E-state index contributed by atoms with van der Waals surface area (Å²) in [5, 5.41) is 0. The summed E-state index contributed by atoms with van der Waals surface area (Å²) in [6, 6.07) is 4.10. The highest BCUT2D eigenvalue weighted by atomic mass is 19.3. The second-order valence-corrected chi connectivity index (χ2v) is 2.64. The van der Waals surface area contributed by atoms with Crippen LogP contribution in [0.5, 0.6) is 11.5 Å². The predicted octanol–water partition coefficient (Wildman–Crippen LogP) is 3.03. The van der Waals surface area contributed by atoms with Gasteiger partial charge in [0.1, 0.15) is 0 Å². The Morgan fingerprint density at radius 3 is 2.50 bits per heavy atom. The number of benzene rings is 1. The van der Waals surface area contributed by atoms with Crippen LogP contribution in [0, 0.1) is 0 Å². The van der Waals surface area contributed by atoms with Gasteiger partial charge in [0, 0.05) is 5.56 Å². The van der Waals surface area contributed by atoms with Crippen molar-refractivity contribution < 1.29 is 18.3 Å². The second kappa shape index (κ2) is 4.79. The molecule has 0 atom stereocenters. The average molecular weight is 202 g/mol. The molecule has 0 fully saturated rings. The van der Waals surface area contributed by atoms with Crippen molar-refractivity contribution in [3.8, 4) is 11.5 Å². The van der Waals surface area contributed by atoms with Crippen molar-refractivity contribution in [3.05, 3.63) is 23.8 Å². The summed E-state index contributed by atoms with van der Waals surface area (Å²) in [5.41, 5.74) is -0.0609. The third kappa shape index (κ3) is 2.34. The Morgan fingerprint density at radius 1 is 1.29 bits per heavy atom. The lowest BCUT2D eigenvalue weighted by molar-refractivity contribution is 0.150. The molecule has 0 amide bonds. The summed E-state index contributed by atoms with van der Waals surface area (Å²) in [6.45, 7) is 2.21. The van der Waals surface area contributed by atoms with Gasteiger partial charge in [-0.1, -0.05) is 0 Å². The minimum atomic E-state index is -2.49. The number of halogens is 2. The molecule has 0 aliphatic rings. The molecule has 1 aromatic carbocycles. The molecule has 1 rings (SSSR count). The van der Waals surface area contributed by atoms with Gasteiger partial charge in [-0.05, 0) is 25.1 Å². The topological polar surface area (TPSA) is 18.5 Å². The van der Waals surface area contributed by atoms with E-state index in [0.717, 1.165) is 0 Å². The van der Waals surface area contributed by atoms with E-state index in [4.69, 9.17) is 9.47 Å². The van der Waals surface area contributed by atoms with Gasteiger partial charge in [0.05, 0.1) is 13.7 Å². The molecule has 14 heavy (non-hydrogen) atoms. The third-order valence-electron chi connectivity index (χ3n) is 1.74. The fourth-order valence-corrected chi connectivity index (χ4v) is 1.10. The van der Waals surface area contributed by atoms with Crippen LogP contribution in [0.4, 0.5) is 8.78 Å². The number of alkyl halides is 2. The van der Waals surface area contributed by atoms with E-state index in [2.05, 4.69) is 0 Å². The Balaban J connectivity index is 3.01. The fraction of sp³-hybridized carbons (Fsp3) is 0.400. The SMILES string of the molecule is CCOc1cc(C(F)F)ccc1OC. The summed E-state index contributed by atoms with van der Waals surface area (Å²) in [5.74, 6) is 0.823. The number of hydrogen-bond donors (Lipinski definition) is 0. The summed E-state index contributed by atoms with van der Waals surface area (Å²) < 4.78 is 34.8. The molecule has 0 aliphatic carbocycles. The number of hydrogen-bond acceptors (Lipinski definition) is 2. The van der Waals surface area contributed by atoms with Gasteiger partial charge < -0.3 is 9.47 Å². The second-order valence-electron chi connectivity index (χ2n) is 2.64. The molecule has 0 heterocycles. The predicted molar refractivity (Wildman–Crippen MR) is 49.1 cm³/mol. The molecule has 4 heteroatoms. The van der Waals surface area contributed by atoms with Crippen LogP contribution in [0.1, 0.15) is 18.9 Å². The van der Waals surface area contributed by atoms with Crippen LogP contribution in [-0.2, 0) is 0 Å². The van der Waals surface area contributed by atoms with Gasteiger partial charge in [0.15, 0.2) is 11.5 Å². The standard InChI is InChI=1S/C10H12F2O2/c1-3-14-9-6-7(10(11)12)4-5-8(9)13-2/h4-6,10H,3H2,1-2H3. The molecule has 0 aliphatic heterocycles. The number of ether oxygens (including phenoxy) is 2. The van der Waals surface area contributed by atoms with E-state index in [1.165, 1.54) is 25.3 Å². The highest BCUT2D eigenvalue weighted by Crippen LogP contribution is 2.31. The van der Waals surface area contributed by atoms with Crippen molar-refractivity contribution in [2.45, 2.75) is 13.3 Å². The van der Waals surface area contributed by atoms with Gasteiger partial charge in [-0.3, -0.25) is 0 Å². The monoisotopic (exact) mass is 202 g/mol. The molecule has 78 valence electrons. The van der Waals surface area contributed by atoms with Gasteiger partial charge in [-0.2, -0.15) is 0 Å². The minimum absolute atomic E-state index is 0.0609. The summed E-state index contributed by atoms with van der Waals surface area (Å²) in [6.07, 6.45) is -2.49. The molecule has 0 bridgehead atoms. The molecule has 1 aromatic rings. The molecular weight excluding hydrogens is 190 g/mol. The molecule has 0 N–H and O–H groups in total. The van der Waals surface area contributed by atoms with E-state index in [-0.39, 0.29) is 5.56 Å². The van der Waals surface area contributed by atoms with Crippen LogP contribution in [0.3, 0.4) is 0 Å². The van der Waals surface area contributed by atoms with E-state index in [1.807, 2.05) is 0 Å². The van der Waals surface area contributed by atoms with Crippen molar-refractivity contribution >= 4 is 0 Å².